The molecule has 0 saturated carbocycles. The van der Waals surface area contributed by atoms with E-state index in [9.17, 15) is 36.3 Å². The number of ether oxygens (including phenoxy) is 1. The van der Waals surface area contributed by atoms with E-state index in [2.05, 4.69) is 14.7 Å². The van der Waals surface area contributed by atoms with Crippen molar-refractivity contribution < 1.29 is 41.1 Å². The molecule has 1 rings (SSSR count). The van der Waals surface area contributed by atoms with Gasteiger partial charge in [0.25, 0.3) is 5.91 Å². The maximum atomic E-state index is 13.8. The number of alkyl halides is 5. The fraction of sp³-hybridized carbons (Fsp3) is 0.357. The van der Waals surface area contributed by atoms with Crippen LogP contribution in [0.4, 0.5) is 27.9 Å². The van der Waals surface area contributed by atoms with Gasteiger partial charge in [0.15, 0.2) is 0 Å². The molecular formula is C14H13F5N4O4. The summed E-state index contributed by atoms with van der Waals surface area (Å²) in [5.41, 5.74) is 1.68. The summed E-state index contributed by atoms with van der Waals surface area (Å²) in [4.78, 5) is 40.2. The highest BCUT2D eigenvalue weighted by atomic mass is 19.4. The van der Waals surface area contributed by atoms with Crippen LogP contribution >= 0.6 is 0 Å². The van der Waals surface area contributed by atoms with E-state index in [-0.39, 0.29) is 18.5 Å². The number of rotatable bonds is 7. The van der Waals surface area contributed by atoms with Crippen LogP contribution < -0.4 is 11.1 Å². The third-order valence-electron chi connectivity index (χ3n) is 2.94. The quantitative estimate of drug-likeness (QED) is 0.308. The Hall–Kier alpha value is -2.96. The van der Waals surface area contributed by atoms with Gasteiger partial charge in [0.2, 0.25) is 5.95 Å². The molecule has 1 heterocycles. The highest BCUT2D eigenvalue weighted by Gasteiger charge is 2.61. The van der Waals surface area contributed by atoms with Gasteiger partial charge < -0.3 is 10.5 Å². The van der Waals surface area contributed by atoms with Crippen LogP contribution in [0.3, 0.4) is 0 Å². The van der Waals surface area contributed by atoms with E-state index in [1.54, 1.807) is 0 Å². The maximum Gasteiger partial charge on any atom is 0.459 e. The Balaban J connectivity index is 3.42. The van der Waals surface area contributed by atoms with Gasteiger partial charge in [0, 0.05) is 18.3 Å². The van der Waals surface area contributed by atoms with Gasteiger partial charge >= 0.3 is 18.1 Å². The molecule has 0 aliphatic heterocycles. The number of nitrogens with two attached hydrogens (primary N) is 1. The topological polar surface area (TPSA) is 124 Å². The summed E-state index contributed by atoms with van der Waals surface area (Å²) in [6.07, 6.45) is -4.74. The molecule has 0 aliphatic carbocycles. The molecular weight excluding hydrogens is 383 g/mol. The highest BCUT2D eigenvalue weighted by Crippen LogP contribution is 2.44. The number of hydrogen-bond acceptors (Lipinski definition) is 7. The molecule has 0 aliphatic rings. The molecule has 0 unspecified atom stereocenters. The number of esters is 1. The summed E-state index contributed by atoms with van der Waals surface area (Å²) in [6, 6.07) is 0. The van der Waals surface area contributed by atoms with E-state index < -0.39 is 47.7 Å². The molecule has 0 bridgehead atoms. The van der Waals surface area contributed by atoms with Crippen LogP contribution in [-0.2, 0) is 20.2 Å². The largest absolute Gasteiger partial charge is 0.462 e. The van der Waals surface area contributed by atoms with Gasteiger partial charge in [0.1, 0.15) is 17.5 Å². The summed E-state index contributed by atoms with van der Waals surface area (Å²) in [6.45, 7) is 0.574. The zero-order chi connectivity index (χ0) is 20.8. The fourth-order valence-corrected chi connectivity index (χ4v) is 1.67. The van der Waals surface area contributed by atoms with Crippen LogP contribution in [0.5, 0.6) is 0 Å². The Kier molecular flexibility index (Phi) is 7.05. The summed E-state index contributed by atoms with van der Waals surface area (Å²) in [5, 5.41) is 1.82. The molecule has 1 aromatic heterocycles. The zero-order valence-corrected chi connectivity index (χ0v) is 13.6. The van der Waals surface area contributed by atoms with Crippen molar-refractivity contribution in [3.8, 4) is 0 Å². The lowest BCUT2D eigenvalue weighted by Gasteiger charge is -2.21. The molecule has 13 heteroatoms. The Morgan fingerprint density at radius 1 is 1.30 bits per heavy atom. The van der Waals surface area contributed by atoms with Crippen LogP contribution in [0.1, 0.15) is 23.0 Å². The number of anilines is 1. The van der Waals surface area contributed by atoms with Crippen molar-refractivity contribution in [2.75, 3.05) is 18.5 Å². The average molecular weight is 396 g/mol. The van der Waals surface area contributed by atoms with Crippen molar-refractivity contribution in [3.05, 3.63) is 29.1 Å². The summed E-state index contributed by atoms with van der Waals surface area (Å²) in [7, 11) is 0. The summed E-state index contributed by atoms with van der Waals surface area (Å²) in [5.74, 6) is -9.10. The number of carbonyl (C=O) groups is 3. The highest BCUT2D eigenvalue weighted by molar-refractivity contribution is 6.05. The van der Waals surface area contributed by atoms with Crippen LogP contribution in [0, 0.1) is 0 Å². The van der Waals surface area contributed by atoms with Gasteiger partial charge in [-0.2, -0.15) is 22.0 Å². The molecule has 0 fully saturated rings. The van der Waals surface area contributed by atoms with Crippen molar-refractivity contribution in [3.63, 3.8) is 0 Å². The maximum absolute atomic E-state index is 13.8. The van der Waals surface area contributed by atoms with Crippen LogP contribution in [0.2, 0.25) is 0 Å². The number of nitrogens with zero attached hydrogens (tertiary/aromatic N) is 2. The molecule has 27 heavy (non-hydrogen) atoms. The Morgan fingerprint density at radius 3 is 2.41 bits per heavy atom. The average Bonchev–Trinajstić information content (AvgIpc) is 2.58. The minimum absolute atomic E-state index is 0.218. The SMILES string of the molecule is CCOC(=O)c1cnc(NC(=O)/C(=C\C=O)CN)nc1C(F)(F)C(F)(F)F. The third-order valence-corrected chi connectivity index (χ3v) is 2.94. The van der Waals surface area contributed by atoms with E-state index >= 15 is 0 Å². The molecule has 0 radical (unpaired) electrons. The number of nitrogens with one attached hydrogen (secondary N) is 1. The second-order valence-electron chi connectivity index (χ2n) is 4.73. The molecule has 0 atom stereocenters. The van der Waals surface area contributed by atoms with Crippen molar-refractivity contribution in [1.29, 1.82) is 0 Å². The first-order valence-corrected chi connectivity index (χ1v) is 7.14. The first-order valence-electron chi connectivity index (χ1n) is 7.14. The smallest absolute Gasteiger partial charge is 0.459 e. The van der Waals surface area contributed by atoms with Crippen LogP contribution in [-0.4, -0.2) is 47.5 Å². The monoisotopic (exact) mass is 396 g/mol. The van der Waals surface area contributed by atoms with E-state index in [1.807, 2.05) is 5.32 Å². The molecule has 1 aromatic rings. The van der Waals surface area contributed by atoms with Crippen molar-refractivity contribution in [2.24, 2.45) is 5.73 Å². The number of aromatic nitrogens is 2. The number of aldehydes is 1. The number of hydrogen-bond donors (Lipinski definition) is 2. The molecule has 148 valence electrons. The van der Waals surface area contributed by atoms with E-state index in [0.717, 1.165) is 6.08 Å². The van der Waals surface area contributed by atoms with E-state index in [1.165, 1.54) is 6.92 Å². The van der Waals surface area contributed by atoms with E-state index in [4.69, 9.17) is 5.73 Å². The van der Waals surface area contributed by atoms with Crippen LogP contribution in [0.25, 0.3) is 0 Å². The predicted molar refractivity (Wildman–Crippen MR) is 79.8 cm³/mol. The normalized spacial score (nSPS) is 12.5. The molecule has 0 saturated heterocycles. The summed E-state index contributed by atoms with van der Waals surface area (Å²) >= 11 is 0. The minimum Gasteiger partial charge on any atom is -0.462 e. The molecule has 3 N–H and O–H groups in total. The fourth-order valence-electron chi connectivity index (χ4n) is 1.67. The van der Waals surface area contributed by atoms with E-state index in [0.29, 0.717) is 6.20 Å². The van der Waals surface area contributed by atoms with Gasteiger partial charge in [-0.05, 0) is 13.0 Å². The van der Waals surface area contributed by atoms with Crippen molar-refractivity contribution in [1.82, 2.24) is 9.97 Å². The van der Waals surface area contributed by atoms with Gasteiger partial charge in [-0.25, -0.2) is 14.8 Å². The summed E-state index contributed by atoms with van der Waals surface area (Å²) < 4.78 is 70.1. The lowest BCUT2D eigenvalue weighted by atomic mass is 10.1. The second kappa shape index (κ2) is 8.62. The first kappa shape index (κ1) is 22.1. The van der Waals surface area contributed by atoms with Crippen molar-refractivity contribution >= 4 is 24.1 Å². The number of halogens is 5. The molecule has 0 spiro atoms. The minimum atomic E-state index is -6.08. The van der Waals surface area contributed by atoms with Crippen molar-refractivity contribution in [2.45, 2.75) is 19.0 Å². The lowest BCUT2D eigenvalue weighted by Crippen LogP contribution is -2.37. The van der Waals surface area contributed by atoms with Gasteiger partial charge in [-0.15, -0.1) is 0 Å². The number of carbonyl (C=O) groups excluding carboxylic acids is 3. The first-order chi connectivity index (χ1) is 12.5. The van der Waals surface area contributed by atoms with Gasteiger partial charge in [-0.3, -0.25) is 14.9 Å². The molecule has 0 aromatic carbocycles. The third kappa shape index (κ3) is 5.03. The molecule has 1 amide bonds. The molecule has 8 nitrogen and oxygen atoms in total. The van der Waals surface area contributed by atoms with Gasteiger partial charge in [0.05, 0.1) is 6.61 Å². The Bertz CT molecular complexity index is 764. The lowest BCUT2D eigenvalue weighted by molar-refractivity contribution is -0.291. The standard InChI is InChI=1S/C14H13F5N4O4/c1-2-27-11(26)8-6-21-12(23-10(25)7(5-20)3-4-24)22-9(8)13(15,16)14(17,18)19/h3-4,6H,2,5,20H2,1H3,(H,21,22,23,25)/b7-3-. The van der Waals surface area contributed by atoms with Gasteiger partial charge in [-0.1, -0.05) is 0 Å². The predicted octanol–water partition coefficient (Wildman–Crippen LogP) is 1.33. The number of amides is 1. The zero-order valence-electron chi connectivity index (χ0n) is 13.6. The Morgan fingerprint density at radius 2 is 1.93 bits per heavy atom. The van der Waals surface area contributed by atoms with Crippen LogP contribution in [0.15, 0.2) is 17.8 Å². The number of allylic oxidation sites excluding steroid dienone is 1. The second-order valence-corrected chi connectivity index (χ2v) is 4.73. The Labute approximate surface area is 148 Å².